The highest BCUT2D eigenvalue weighted by Gasteiger charge is 2.27. The summed E-state index contributed by atoms with van der Waals surface area (Å²) in [5.41, 5.74) is 0. The Hall–Kier alpha value is -0.650. The molecule has 19 heavy (non-hydrogen) atoms. The smallest absolute Gasteiger partial charge is 0.225 e. The topological polar surface area (TPSA) is 61.8 Å². The highest BCUT2D eigenvalue weighted by atomic mass is 16.5. The Balaban J connectivity index is 1.87. The van der Waals surface area contributed by atoms with Crippen molar-refractivity contribution in [2.24, 2.45) is 0 Å². The van der Waals surface area contributed by atoms with Crippen molar-refractivity contribution in [1.29, 1.82) is 0 Å². The average molecular weight is 270 g/mol. The number of morpholine rings is 1. The molecule has 1 amide bonds. The fraction of sp³-hybridized carbons (Fsp3) is 0.929. The lowest BCUT2D eigenvalue weighted by Gasteiger charge is -2.35. The Kier molecular flexibility index (Phi) is 6.07. The third-order valence-electron chi connectivity index (χ3n) is 4.08. The van der Waals surface area contributed by atoms with E-state index in [4.69, 9.17) is 4.74 Å². The first kappa shape index (κ1) is 14.8. The molecule has 0 spiro atoms. The van der Waals surface area contributed by atoms with Crippen LogP contribution >= 0.6 is 0 Å². The van der Waals surface area contributed by atoms with Crippen LogP contribution in [0.3, 0.4) is 0 Å². The Morgan fingerprint density at radius 3 is 2.74 bits per heavy atom. The van der Waals surface area contributed by atoms with Gasteiger partial charge in [0.15, 0.2) is 0 Å². The first-order chi connectivity index (χ1) is 9.31. The van der Waals surface area contributed by atoms with Gasteiger partial charge in [-0.1, -0.05) is 19.3 Å². The lowest BCUT2D eigenvalue weighted by Crippen LogP contribution is -2.47. The van der Waals surface area contributed by atoms with Crippen molar-refractivity contribution in [1.82, 2.24) is 10.2 Å². The van der Waals surface area contributed by atoms with E-state index in [-0.39, 0.29) is 18.6 Å². The van der Waals surface area contributed by atoms with Crippen molar-refractivity contribution >= 4 is 5.91 Å². The molecule has 1 unspecified atom stereocenters. The molecule has 1 heterocycles. The predicted molar refractivity (Wildman–Crippen MR) is 72.9 cm³/mol. The standard InChI is InChI=1S/C14H26N2O3/c17-8-7-16(12-4-2-1-3-5-12)14(18)10-13-11-15-6-9-19-13/h12-13,15,17H,1-11H2. The summed E-state index contributed by atoms with van der Waals surface area (Å²) < 4.78 is 5.59. The zero-order valence-corrected chi connectivity index (χ0v) is 11.6. The number of aliphatic hydroxyl groups is 1. The van der Waals surface area contributed by atoms with E-state index in [0.29, 0.717) is 25.6 Å². The van der Waals surface area contributed by atoms with E-state index in [1.54, 1.807) is 0 Å². The summed E-state index contributed by atoms with van der Waals surface area (Å²) in [6.45, 7) is 2.81. The van der Waals surface area contributed by atoms with Crippen LogP contribution in [-0.2, 0) is 9.53 Å². The fourth-order valence-electron chi connectivity index (χ4n) is 3.07. The number of aliphatic hydroxyl groups excluding tert-OH is 1. The second-order valence-corrected chi connectivity index (χ2v) is 5.50. The van der Waals surface area contributed by atoms with E-state index in [1.807, 2.05) is 4.90 Å². The molecular weight excluding hydrogens is 244 g/mol. The van der Waals surface area contributed by atoms with Crippen molar-refractivity contribution in [3.63, 3.8) is 0 Å². The zero-order chi connectivity index (χ0) is 13.5. The van der Waals surface area contributed by atoms with Crippen molar-refractivity contribution in [3.8, 4) is 0 Å². The molecule has 5 heteroatoms. The van der Waals surface area contributed by atoms with Crippen LogP contribution in [0.25, 0.3) is 0 Å². The molecule has 2 N–H and O–H groups in total. The summed E-state index contributed by atoms with van der Waals surface area (Å²) in [4.78, 5) is 14.3. The van der Waals surface area contributed by atoms with Gasteiger partial charge in [-0.2, -0.15) is 0 Å². The normalized spacial score (nSPS) is 25.2. The van der Waals surface area contributed by atoms with E-state index in [2.05, 4.69) is 5.32 Å². The summed E-state index contributed by atoms with van der Waals surface area (Å²) in [5.74, 6) is 0.134. The molecule has 2 rings (SSSR count). The van der Waals surface area contributed by atoms with Crippen molar-refractivity contribution < 1.29 is 14.6 Å². The summed E-state index contributed by atoms with van der Waals surface area (Å²) in [6.07, 6.45) is 6.25. The number of nitrogens with zero attached hydrogens (tertiary/aromatic N) is 1. The van der Waals surface area contributed by atoms with Gasteiger partial charge in [-0.05, 0) is 12.8 Å². The summed E-state index contributed by atoms with van der Waals surface area (Å²) >= 11 is 0. The van der Waals surface area contributed by atoms with Gasteiger partial charge >= 0.3 is 0 Å². The number of carbonyl (C=O) groups excluding carboxylic acids is 1. The number of hydrogen-bond donors (Lipinski definition) is 2. The molecule has 0 bridgehead atoms. The van der Waals surface area contributed by atoms with Crippen LogP contribution in [-0.4, -0.2) is 60.9 Å². The van der Waals surface area contributed by atoms with Gasteiger partial charge in [-0.3, -0.25) is 4.79 Å². The summed E-state index contributed by atoms with van der Waals surface area (Å²) in [5, 5.41) is 12.4. The maximum absolute atomic E-state index is 12.4. The van der Waals surface area contributed by atoms with Gasteiger partial charge in [-0.25, -0.2) is 0 Å². The Morgan fingerprint density at radius 1 is 1.32 bits per heavy atom. The molecule has 2 fully saturated rings. The molecule has 1 saturated heterocycles. The SMILES string of the molecule is O=C(CC1CNCCO1)N(CCO)C1CCCCC1. The molecular formula is C14H26N2O3. The quantitative estimate of drug-likeness (QED) is 0.764. The molecule has 1 atom stereocenters. The van der Waals surface area contributed by atoms with Crippen LogP contribution < -0.4 is 5.32 Å². The average Bonchev–Trinajstić information content (AvgIpc) is 2.46. The van der Waals surface area contributed by atoms with E-state index in [9.17, 15) is 9.90 Å². The Labute approximate surface area is 115 Å². The highest BCUT2D eigenvalue weighted by molar-refractivity contribution is 5.77. The van der Waals surface area contributed by atoms with Gasteiger partial charge in [0.1, 0.15) is 0 Å². The number of rotatable bonds is 5. The molecule has 1 aliphatic carbocycles. The van der Waals surface area contributed by atoms with Gasteiger partial charge in [-0.15, -0.1) is 0 Å². The van der Waals surface area contributed by atoms with Crippen LogP contribution in [0.5, 0.6) is 0 Å². The number of carbonyl (C=O) groups is 1. The first-order valence-corrected chi connectivity index (χ1v) is 7.54. The molecule has 5 nitrogen and oxygen atoms in total. The molecule has 2 aliphatic rings. The third kappa shape index (κ3) is 4.44. The Morgan fingerprint density at radius 2 is 2.11 bits per heavy atom. The van der Waals surface area contributed by atoms with Crippen LogP contribution in [0.4, 0.5) is 0 Å². The molecule has 0 aromatic rings. The maximum atomic E-state index is 12.4. The largest absolute Gasteiger partial charge is 0.395 e. The van der Waals surface area contributed by atoms with Crippen LogP contribution in [0, 0.1) is 0 Å². The number of hydrogen-bond acceptors (Lipinski definition) is 4. The van der Waals surface area contributed by atoms with Crippen LogP contribution in [0.15, 0.2) is 0 Å². The van der Waals surface area contributed by atoms with E-state index < -0.39 is 0 Å². The minimum Gasteiger partial charge on any atom is -0.395 e. The number of amides is 1. The number of nitrogens with one attached hydrogen (secondary N) is 1. The van der Waals surface area contributed by atoms with E-state index in [0.717, 1.165) is 25.9 Å². The van der Waals surface area contributed by atoms with Crippen molar-refractivity contribution in [2.45, 2.75) is 50.7 Å². The maximum Gasteiger partial charge on any atom is 0.225 e. The number of ether oxygens (including phenoxy) is 1. The van der Waals surface area contributed by atoms with Crippen LogP contribution in [0.2, 0.25) is 0 Å². The monoisotopic (exact) mass is 270 g/mol. The molecule has 110 valence electrons. The highest BCUT2D eigenvalue weighted by Crippen LogP contribution is 2.23. The lowest BCUT2D eigenvalue weighted by molar-refractivity contribution is -0.138. The summed E-state index contributed by atoms with van der Waals surface area (Å²) in [7, 11) is 0. The van der Waals surface area contributed by atoms with Gasteiger partial charge < -0.3 is 20.1 Å². The fourth-order valence-corrected chi connectivity index (χ4v) is 3.07. The van der Waals surface area contributed by atoms with E-state index in [1.165, 1.54) is 19.3 Å². The van der Waals surface area contributed by atoms with Gasteiger partial charge in [0.05, 0.1) is 25.7 Å². The first-order valence-electron chi connectivity index (χ1n) is 7.54. The molecule has 0 aromatic heterocycles. The van der Waals surface area contributed by atoms with Gasteiger partial charge in [0.25, 0.3) is 0 Å². The molecule has 1 saturated carbocycles. The second kappa shape index (κ2) is 7.82. The summed E-state index contributed by atoms with van der Waals surface area (Å²) in [6, 6.07) is 0.324. The molecule has 0 aromatic carbocycles. The Bertz CT molecular complexity index is 274. The zero-order valence-electron chi connectivity index (χ0n) is 11.6. The minimum absolute atomic E-state index is 0.00830. The third-order valence-corrected chi connectivity index (χ3v) is 4.08. The minimum atomic E-state index is -0.00830. The van der Waals surface area contributed by atoms with Gasteiger partial charge in [0, 0.05) is 25.7 Å². The second-order valence-electron chi connectivity index (χ2n) is 5.50. The van der Waals surface area contributed by atoms with Crippen molar-refractivity contribution in [3.05, 3.63) is 0 Å². The van der Waals surface area contributed by atoms with Crippen LogP contribution in [0.1, 0.15) is 38.5 Å². The lowest BCUT2D eigenvalue weighted by atomic mass is 9.94. The van der Waals surface area contributed by atoms with Crippen molar-refractivity contribution in [2.75, 3.05) is 32.8 Å². The predicted octanol–water partition coefficient (Wildman–Crippen LogP) is 0.518. The molecule has 1 aliphatic heterocycles. The van der Waals surface area contributed by atoms with E-state index >= 15 is 0 Å². The molecule has 0 radical (unpaired) electrons. The van der Waals surface area contributed by atoms with Gasteiger partial charge in [0.2, 0.25) is 5.91 Å².